The highest BCUT2D eigenvalue weighted by Gasteiger charge is 2.22. The monoisotopic (exact) mass is 398 g/mol. The number of pyridine rings is 1. The number of hydrogen-bond donors (Lipinski definition) is 1. The van der Waals surface area contributed by atoms with Crippen LogP contribution in [0.15, 0.2) is 34.2 Å². The van der Waals surface area contributed by atoms with Crippen LogP contribution in [0.3, 0.4) is 0 Å². The summed E-state index contributed by atoms with van der Waals surface area (Å²) in [5.41, 5.74) is 2.82. The highest BCUT2D eigenvalue weighted by atomic mass is 32.2. The Morgan fingerprint density at radius 3 is 2.79 bits per heavy atom. The third kappa shape index (κ3) is 4.46. The minimum Gasteiger partial charge on any atom is -0.353 e. The quantitative estimate of drug-likeness (QED) is 0.598. The van der Waals surface area contributed by atoms with E-state index in [1.165, 1.54) is 24.6 Å². The summed E-state index contributed by atoms with van der Waals surface area (Å²) in [7, 11) is 0. The van der Waals surface area contributed by atoms with Crippen molar-refractivity contribution in [2.45, 2.75) is 69.0 Å². The number of fused-ring (bicyclic) bond motifs is 1. The number of carbonyl (C=O) groups excluding carboxylic acids is 1. The molecule has 0 radical (unpaired) electrons. The number of thioether (sulfide) groups is 1. The van der Waals surface area contributed by atoms with Crippen LogP contribution in [0.2, 0.25) is 0 Å². The molecule has 7 heteroatoms. The number of nitrogens with zero attached hydrogens (tertiary/aromatic N) is 3. The molecule has 1 amide bonds. The number of carbonyl (C=O) groups is 1. The number of hydrogen-bond acceptors (Lipinski definition) is 5. The molecule has 0 aromatic carbocycles. The second-order valence-corrected chi connectivity index (χ2v) is 8.54. The summed E-state index contributed by atoms with van der Waals surface area (Å²) in [6, 6.07) is 6.05. The lowest BCUT2D eigenvalue weighted by Gasteiger charge is -2.22. The molecule has 4 rings (SSSR count). The Balaban J connectivity index is 1.52. The molecule has 6 nitrogen and oxygen atoms in total. The zero-order valence-electron chi connectivity index (χ0n) is 16.0. The molecule has 2 aromatic rings. The SMILES string of the molecule is O=C(CSc1nc(=O)n(Cc2ccccn2)c2c1CCCC2)NC1CCCC1. The van der Waals surface area contributed by atoms with E-state index in [0.29, 0.717) is 18.3 Å². The van der Waals surface area contributed by atoms with Crippen molar-refractivity contribution in [1.82, 2.24) is 19.9 Å². The molecule has 0 atom stereocenters. The summed E-state index contributed by atoms with van der Waals surface area (Å²) in [5, 5.41) is 3.84. The van der Waals surface area contributed by atoms with Crippen molar-refractivity contribution >= 4 is 17.7 Å². The van der Waals surface area contributed by atoms with Crippen molar-refractivity contribution in [2.24, 2.45) is 0 Å². The molecule has 148 valence electrons. The van der Waals surface area contributed by atoms with Crippen LogP contribution in [0.5, 0.6) is 0 Å². The van der Waals surface area contributed by atoms with Crippen LogP contribution >= 0.6 is 11.8 Å². The highest BCUT2D eigenvalue weighted by Crippen LogP contribution is 2.28. The standard InChI is InChI=1S/C21H26N4O2S/c26-19(23-15-7-1-2-8-15)14-28-20-17-10-3-4-11-18(17)25(21(27)24-20)13-16-9-5-6-12-22-16/h5-6,9,12,15H,1-4,7-8,10-11,13-14H2,(H,23,26). The first-order chi connectivity index (χ1) is 13.7. The van der Waals surface area contributed by atoms with E-state index in [0.717, 1.165) is 60.5 Å². The molecular weight excluding hydrogens is 372 g/mol. The Morgan fingerprint density at radius 1 is 1.18 bits per heavy atom. The second kappa shape index (κ2) is 8.90. The molecule has 2 aliphatic carbocycles. The average molecular weight is 399 g/mol. The Bertz CT molecular complexity index is 891. The minimum atomic E-state index is -0.245. The summed E-state index contributed by atoms with van der Waals surface area (Å²) in [4.78, 5) is 33.7. The summed E-state index contributed by atoms with van der Waals surface area (Å²) in [6.07, 6.45) is 10.3. The van der Waals surface area contributed by atoms with Crippen molar-refractivity contribution < 1.29 is 4.79 Å². The van der Waals surface area contributed by atoms with E-state index >= 15 is 0 Å². The lowest BCUT2D eigenvalue weighted by molar-refractivity contribution is -0.119. The Morgan fingerprint density at radius 2 is 2.00 bits per heavy atom. The molecule has 1 fully saturated rings. The predicted octanol–water partition coefficient (Wildman–Crippen LogP) is 2.72. The molecule has 28 heavy (non-hydrogen) atoms. The molecule has 2 aliphatic rings. The van der Waals surface area contributed by atoms with Gasteiger partial charge >= 0.3 is 5.69 Å². The van der Waals surface area contributed by atoms with Gasteiger partial charge in [-0.3, -0.25) is 14.3 Å². The summed E-state index contributed by atoms with van der Waals surface area (Å²) < 4.78 is 1.76. The maximum absolute atomic E-state index is 12.7. The molecule has 0 unspecified atom stereocenters. The van der Waals surface area contributed by atoms with Gasteiger partial charge in [-0.1, -0.05) is 30.7 Å². The molecule has 0 saturated heterocycles. The van der Waals surface area contributed by atoms with Crippen LogP contribution < -0.4 is 11.0 Å². The van der Waals surface area contributed by atoms with Crippen molar-refractivity contribution in [2.75, 3.05) is 5.75 Å². The van der Waals surface area contributed by atoms with Gasteiger partial charge < -0.3 is 5.32 Å². The fraction of sp³-hybridized carbons (Fsp3) is 0.524. The van der Waals surface area contributed by atoms with Gasteiger partial charge in [0.25, 0.3) is 0 Å². The van der Waals surface area contributed by atoms with Crippen molar-refractivity contribution in [3.05, 3.63) is 51.8 Å². The van der Waals surface area contributed by atoms with Crippen LogP contribution in [-0.2, 0) is 24.2 Å². The van der Waals surface area contributed by atoms with Gasteiger partial charge in [0.2, 0.25) is 5.91 Å². The largest absolute Gasteiger partial charge is 0.353 e. The topological polar surface area (TPSA) is 76.9 Å². The molecule has 2 aromatic heterocycles. The Labute approximate surface area is 169 Å². The van der Waals surface area contributed by atoms with Gasteiger partial charge in [0, 0.05) is 23.5 Å². The lowest BCUT2D eigenvalue weighted by Crippen LogP contribution is -2.34. The third-order valence-electron chi connectivity index (χ3n) is 5.56. The van der Waals surface area contributed by atoms with Crippen molar-refractivity contribution in [3.63, 3.8) is 0 Å². The predicted molar refractivity (Wildman–Crippen MR) is 110 cm³/mol. The number of amides is 1. The van der Waals surface area contributed by atoms with Gasteiger partial charge in [-0.15, -0.1) is 0 Å². The highest BCUT2D eigenvalue weighted by molar-refractivity contribution is 7.99. The van der Waals surface area contributed by atoms with Gasteiger partial charge in [0.1, 0.15) is 5.03 Å². The molecule has 1 N–H and O–H groups in total. The van der Waals surface area contributed by atoms with Crippen molar-refractivity contribution in [1.29, 1.82) is 0 Å². The fourth-order valence-electron chi connectivity index (χ4n) is 4.16. The van der Waals surface area contributed by atoms with Crippen molar-refractivity contribution in [3.8, 4) is 0 Å². The molecule has 1 saturated carbocycles. The van der Waals surface area contributed by atoms with E-state index in [1.807, 2.05) is 18.2 Å². The minimum absolute atomic E-state index is 0.0425. The van der Waals surface area contributed by atoms with Gasteiger partial charge in [-0.2, -0.15) is 4.98 Å². The Kier molecular flexibility index (Phi) is 6.10. The van der Waals surface area contributed by atoms with E-state index in [9.17, 15) is 9.59 Å². The van der Waals surface area contributed by atoms with Crippen LogP contribution in [0.25, 0.3) is 0 Å². The first kappa shape index (κ1) is 19.2. The average Bonchev–Trinajstić information content (AvgIpc) is 3.22. The van der Waals surface area contributed by atoms with Gasteiger partial charge in [-0.05, 0) is 50.7 Å². The van der Waals surface area contributed by atoms with E-state index < -0.39 is 0 Å². The van der Waals surface area contributed by atoms with Crippen LogP contribution in [-0.4, -0.2) is 32.2 Å². The summed E-state index contributed by atoms with van der Waals surface area (Å²) in [5.74, 6) is 0.362. The first-order valence-electron chi connectivity index (χ1n) is 10.2. The van der Waals surface area contributed by atoms with Crippen LogP contribution in [0, 0.1) is 0 Å². The van der Waals surface area contributed by atoms with E-state index in [1.54, 1.807) is 10.8 Å². The van der Waals surface area contributed by atoms with Crippen LogP contribution in [0.4, 0.5) is 0 Å². The molecule has 2 heterocycles. The smallest absolute Gasteiger partial charge is 0.349 e. The van der Waals surface area contributed by atoms with E-state index in [2.05, 4.69) is 15.3 Å². The fourth-order valence-corrected chi connectivity index (χ4v) is 5.05. The zero-order chi connectivity index (χ0) is 19.3. The summed E-state index contributed by atoms with van der Waals surface area (Å²) in [6.45, 7) is 0.447. The maximum atomic E-state index is 12.7. The molecular formula is C21H26N4O2S. The lowest BCUT2D eigenvalue weighted by atomic mass is 9.97. The molecule has 0 spiro atoms. The molecule has 0 bridgehead atoms. The van der Waals surface area contributed by atoms with E-state index in [-0.39, 0.29) is 11.6 Å². The van der Waals surface area contributed by atoms with Gasteiger partial charge in [-0.25, -0.2) is 4.79 Å². The first-order valence-corrected chi connectivity index (χ1v) is 11.1. The van der Waals surface area contributed by atoms with Gasteiger partial charge in [0.15, 0.2) is 0 Å². The number of aromatic nitrogens is 3. The van der Waals surface area contributed by atoms with E-state index in [4.69, 9.17) is 0 Å². The molecule has 0 aliphatic heterocycles. The van der Waals surface area contributed by atoms with Crippen LogP contribution in [0.1, 0.15) is 55.5 Å². The third-order valence-corrected chi connectivity index (χ3v) is 6.57. The Hall–Kier alpha value is -2.15. The number of rotatable bonds is 6. The second-order valence-electron chi connectivity index (χ2n) is 7.58. The normalized spacial score (nSPS) is 16.7. The zero-order valence-corrected chi connectivity index (χ0v) is 16.8. The maximum Gasteiger partial charge on any atom is 0.349 e. The summed E-state index contributed by atoms with van der Waals surface area (Å²) >= 11 is 1.40. The van der Waals surface area contributed by atoms with Gasteiger partial charge in [0.05, 0.1) is 18.0 Å². The number of nitrogens with one attached hydrogen (secondary N) is 1.